The first-order valence-electron chi connectivity index (χ1n) is 13.3. The molecule has 0 atom stereocenters. The normalized spacial score (nSPS) is 13.9. The second-order valence-electron chi connectivity index (χ2n) is 9.99. The molecule has 0 radical (unpaired) electrons. The summed E-state index contributed by atoms with van der Waals surface area (Å²) in [5.41, 5.74) is 12.7. The highest BCUT2D eigenvalue weighted by Gasteiger charge is 2.16. The Morgan fingerprint density at radius 3 is 1.95 bits per heavy atom. The first kappa shape index (κ1) is 23.9. The third-order valence-corrected chi connectivity index (χ3v) is 7.39. The van der Waals surface area contributed by atoms with Crippen molar-refractivity contribution in [2.75, 3.05) is 11.1 Å². The van der Waals surface area contributed by atoms with E-state index in [4.69, 9.17) is 5.73 Å². The van der Waals surface area contributed by atoms with E-state index >= 15 is 0 Å². The number of hydrogen-bond acceptors (Lipinski definition) is 5. The number of anilines is 2. The van der Waals surface area contributed by atoms with Crippen molar-refractivity contribution in [1.82, 2.24) is 9.97 Å². The van der Waals surface area contributed by atoms with E-state index in [1.807, 2.05) is 60.7 Å². The summed E-state index contributed by atoms with van der Waals surface area (Å²) in [4.78, 5) is 21.7. The maximum Gasteiger partial charge on any atom is 0.222 e. The van der Waals surface area contributed by atoms with Crippen LogP contribution in [-0.2, 0) is 0 Å². The molecule has 1 saturated carbocycles. The zero-order valence-corrected chi connectivity index (χ0v) is 21.2. The largest absolute Gasteiger partial charge is 0.368 e. The summed E-state index contributed by atoms with van der Waals surface area (Å²) in [7, 11) is 0. The van der Waals surface area contributed by atoms with Gasteiger partial charge in [0.15, 0.2) is 5.78 Å². The van der Waals surface area contributed by atoms with Crippen molar-refractivity contribution < 1.29 is 4.79 Å². The molecular weight excluding hydrogens is 468 g/mol. The summed E-state index contributed by atoms with van der Waals surface area (Å²) < 4.78 is 0. The van der Waals surface area contributed by atoms with Crippen molar-refractivity contribution in [2.45, 2.75) is 38.1 Å². The lowest BCUT2D eigenvalue weighted by atomic mass is 9.95. The minimum atomic E-state index is 0.0342. The van der Waals surface area contributed by atoms with Gasteiger partial charge in [-0.25, -0.2) is 4.98 Å². The van der Waals surface area contributed by atoms with Crippen LogP contribution in [0.2, 0.25) is 0 Å². The molecule has 1 aliphatic carbocycles. The number of carbonyl (C=O) groups excluding carboxylic acids is 1. The van der Waals surface area contributed by atoms with Crippen molar-refractivity contribution in [1.29, 1.82) is 0 Å². The third kappa shape index (κ3) is 5.00. The molecule has 5 heteroatoms. The lowest BCUT2D eigenvalue weighted by Gasteiger charge is -2.24. The van der Waals surface area contributed by atoms with Gasteiger partial charge < -0.3 is 11.1 Å². The molecule has 0 spiro atoms. The minimum Gasteiger partial charge on any atom is -0.368 e. The van der Waals surface area contributed by atoms with E-state index in [1.165, 1.54) is 19.3 Å². The summed E-state index contributed by atoms with van der Waals surface area (Å²) >= 11 is 0. The molecule has 1 aliphatic rings. The Kier molecular flexibility index (Phi) is 6.57. The smallest absolute Gasteiger partial charge is 0.222 e. The van der Waals surface area contributed by atoms with Gasteiger partial charge in [-0.3, -0.25) is 4.79 Å². The van der Waals surface area contributed by atoms with Crippen LogP contribution in [-0.4, -0.2) is 21.8 Å². The Balaban J connectivity index is 1.24. The van der Waals surface area contributed by atoms with Gasteiger partial charge in [0.1, 0.15) is 5.82 Å². The number of ketones is 1. The van der Waals surface area contributed by atoms with E-state index in [0.717, 1.165) is 51.8 Å². The molecule has 4 aromatic carbocycles. The number of nitrogens with zero attached hydrogens (tertiary/aromatic N) is 2. The average Bonchev–Trinajstić information content (AvgIpc) is 2.98. The molecule has 5 nitrogen and oxygen atoms in total. The number of carbonyl (C=O) groups is 1. The molecule has 1 heterocycles. The Bertz CT molecular complexity index is 1570. The zero-order valence-electron chi connectivity index (χ0n) is 21.2. The molecule has 1 aromatic heterocycles. The van der Waals surface area contributed by atoms with Crippen molar-refractivity contribution >= 4 is 28.5 Å². The summed E-state index contributed by atoms with van der Waals surface area (Å²) in [6.45, 7) is 0. The van der Waals surface area contributed by atoms with Crippen LogP contribution in [0.15, 0.2) is 97.1 Å². The molecule has 0 aliphatic heterocycles. The minimum absolute atomic E-state index is 0.0342. The predicted molar refractivity (Wildman–Crippen MR) is 155 cm³/mol. The molecule has 0 saturated heterocycles. The first-order chi connectivity index (χ1) is 18.6. The van der Waals surface area contributed by atoms with Crippen molar-refractivity contribution in [3.05, 3.63) is 108 Å². The quantitative estimate of drug-likeness (QED) is 0.237. The van der Waals surface area contributed by atoms with E-state index in [-0.39, 0.29) is 5.78 Å². The standard InChI is InChI=1S/C33H30N4O/c34-33-36-30-20-19-27(21-29(30)32(37-33)35-28-9-5-2-6-10-28)24-13-11-22(12-14-24)23-15-17-26(18-16-23)31(38)25-7-3-1-4-8-25/h1,3-4,7-8,11-21,28H,2,5-6,9-10H2,(H3,34,35,36,37). The summed E-state index contributed by atoms with van der Waals surface area (Å²) in [5.74, 6) is 1.15. The van der Waals surface area contributed by atoms with Crippen LogP contribution in [0.4, 0.5) is 11.8 Å². The summed E-state index contributed by atoms with van der Waals surface area (Å²) in [6, 6.07) is 32.4. The Morgan fingerprint density at radius 2 is 1.26 bits per heavy atom. The Labute approximate surface area is 222 Å². The monoisotopic (exact) mass is 498 g/mol. The fourth-order valence-electron chi connectivity index (χ4n) is 5.30. The highest BCUT2D eigenvalue weighted by Crippen LogP contribution is 2.31. The lowest BCUT2D eigenvalue weighted by molar-refractivity contribution is 0.103. The van der Waals surface area contributed by atoms with E-state index in [1.54, 1.807) is 0 Å². The van der Waals surface area contributed by atoms with Crippen LogP contribution in [0.3, 0.4) is 0 Å². The summed E-state index contributed by atoms with van der Waals surface area (Å²) in [6.07, 6.45) is 6.13. The van der Waals surface area contributed by atoms with Crippen LogP contribution < -0.4 is 11.1 Å². The van der Waals surface area contributed by atoms with Crippen LogP contribution in [0.1, 0.15) is 48.0 Å². The van der Waals surface area contributed by atoms with Crippen molar-refractivity contribution in [3.8, 4) is 22.3 Å². The number of rotatable bonds is 6. The molecular formula is C33H30N4O. The highest BCUT2D eigenvalue weighted by molar-refractivity contribution is 6.09. The molecule has 3 N–H and O–H groups in total. The number of aromatic nitrogens is 2. The number of hydrogen-bond donors (Lipinski definition) is 2. The van der Waals surface area contributed by atoms with Crippen LogP contribution in [0.25, 0.3) is 33.2 Å². The van der Waals surface area contributed by atoms with Gasteiger partial charge in [0.2, 0.25) is 5.95 Å². The molecule has 6 rings (SSSR count). The van der Waals surface area contributed by atoms with E-state index < -0.39 is 0 Å². The predicted octanol–water partition coefficient (Wildman–Crippen LogP) is 7.52. The molecule has 0 unspecified atom stereocenters. The molecule has 5 aromatic rings. The van der Waals surface area contributed by atoms with E-state index in [9.17, 15) is 4.79 Å². The number of fused-ring (bicyclic) bond motifs is 1. The third-order valence-electron chi connectivity index (χ3n) is 7.39. The van der Waals surface area contributed by atoms with Crippen LogP contribution in [0.5, 0.6) is 0 Å². The molecule has 188 valence electrons. The van der Waals surface area contributed by atoms with Gasteiger partial charge in [-0.15, -0.1) is 0 Å². The Hall–Kier alpha value is -4.51. The zero-order chi connectivity index (χ0) is 25.9. The van der Waals surface area contributed by atoms with Gasteiger partial charge in [0, 0.05) is 22.6 Å². The number of benzene rings is 4. The molecule has 0 amide bonds. The van der Waals surface area contributed by atoms with Gasteiger partial charge in [0.05, 0.1) is 5.52 Å². The SMILES string of the molecule is Nc1nc(NC2CCCCC2)c2cc(-c3ccc(-c4ccc(C(=O)c5ccccc5)cc4)cc3)ccc2n1. The maximum atomic E-state index is 12.7. The van der Waals surface area contributed by atoms with Gasteiger partial charge in [0.25, 0.3) is 0 Å². The molecule has 0 bridgehead atoms. The van der Waals surface area contributed by atoms with Crippen molar-refractivity contribution in [3.63, 3.8) is 0 Å². The van der Waals surface area contributed by atoms with Gasteiger partial charge >= 0.3 is 0 Å². The molecule has 38 heavy (non-hydrogen) atoms. The Morgan fingerprint density at radius 1 is 0.684 bits per heavy atom. The fourth-order valence-corrected chi connectivity index (χ4v) is 5.30. The number of nitrogens with two attached hydrogens (primary N) is 1. The van der Waals surface area contributed by atoms with E-state index in [0.29, 0.717) is 23.1 Å². The number of nitrogens with one attached hydrogen (secondary N) is 1. The first-order valence-corrected chi connectivity index (χ1v) is 13.3. The van der Waals surface area contributed by atoms with Gasteiger partial charge in [-0.1, -0.05) is 104 Å². The van der Waals surface area contributed by atoms with Crippen LogP contribution >= 0.6 is 0 Å². The van der Waals surface area contributed by atoms with Gasteiger partial charge in [-0.05, 0) is 47.2 Å². The van der Waals surface area contributed by atoms with E-state index in [2.05, 4.69) is 51.7 Å². The fraction of sp³-hybridized carbons (Fsp3) is 0.182. The molecule has 1 fully saturated rings. The second kappa shape index (κ2) is 10.5. The lowest BCUT2D eigenvalue weighted by Crippen LogP contribution is -2.23. The topological polar surface area (TPSA) is 80.9 Å². The average molecular weight is 499 g/mol. The maximum absolute atomic E-state index is 12.7. The van der Waals surface area contributed by atoms with Crippen molar-refractivity contribution in [2.24, 2.45) is 0 Å². The summed E-state index contributed by atoms with van der Waals surface area (Å²) in [5, 5.41) is 4.63. The highest BCUT2D eigenvalue weighted by atomic mass is 16.1. The van der Waals surface area contributed by atoms with Crippen LogP contribution in [0, 0.1) is 0 Å². The number of nitrogen functional groups attached to an aromatic ring is 1. The second-order valence-corrected chi connectivity index (χ2v) is 9.99. The van der Waals surface area contributed by atoms with Gasteiger partial charge in [-0.2, -0.15) is 4.98 Å².